The first-order valence-electron chi connectivity index (χ1n) is 11.7. The summed E-state index contributed by atoms with van der Waals surface area (Å²) >= 11 is 0. The van der Waals surface area contributed by atoms with Gasteiger partial charge in [0.2, 0.25) is 0 Å². The second-order valence-corrected chi connectivity index (χ2v) is 15.7. The first-order valence-corrected chi connectivity index (χ1v) is 14.6. The molecule has 0 unspecified atom stereocenters. The molecule has 200 valence electrons. The summed E-state index contributed by atoms with van der Waals surface area (Å²) in [5.41, 5.74) is -3.69. The van der Waals surface area contributed by atoms with Crippen LogP contribution in [-0.2, 0) is 21.9 Å². The monoisotopic (exact) mass is 555 g/mol. The van der Waals surface area contributed by atoms with E-state index in [4.69, 9.17) is 0 Å². The maximum atomic E-state index is 13.7. The summed E-state index contributed by atoms with van der Waals surface area (Å²) in [5, 5.41) is 12.6. The number of anilines is 1. The number of aliphatic carboxylic acids is 1. The minimum Gasteiger partial charge on any atom is -0.478 e. The molecule has 1 aromatic rings. The quantitative estimate of drug-likeness (QED) is 0.219. The Labute approximate surface area is 208 Å². The Bertz CT molecular complexity index is 1000. The van der Waals surface area contributed by atoms with Crippen molar-refractivity contribution in [1.82, 2.24) is 0 Å². The van der Waals surface area contributed by atoms with Gasteiger partial charge in [0.25, 0.3) is 5.91 Å². The highest BCUT2D eigenvalue weighted by molar-refractivity contribution is 7.69. The number of nitrogens with one attached hydrogen (secondary N) is 1. The molecule has 0 bridgehead atoms. The lowest BCUT2D eigenvalue weighted by Crippen LogP contribution is -2.23. The minimum absolute atomic E-state index is 0.000519. The van der Waals surface area contributed by atoms with E-state index in [1.165, 1.54) is 0 Å². The Balaban J connectivity index is 2.17. The average Bonchev–Trinajstić information content (AvgIpc) is 3.25. The maximum Gasteiger partial charge on any atom is 0.416 e. The van der Waals surface area contributed by atoms with E-state index in [1.807, 2.05) is 27.7 Å². The van der Waals surface area contributed by atoms with Crippen molar-refractivity contribution in [3.05, 3.63) is 40.0 Å². The first kappa shape index (κ1) is 28.9. The van der Waals surface area contributed by atoms with E-state index < -0.39 is 56.9 Å². The molecular formula is C24H29F6NO3P2. The van der Waals surface area contributed by atoms with Gasteiger partial charge in [-0.3, -0.25) is 4.79 Å². The van der Waals surface area contributed by atoms with Gasteiger partial charge in [0, 0.05) is 5.69 Å². The summed E-state index contributed by atoms with van der Waals surface area (Å²) < 4.78 is 80.1. The highest BCUT2D eigenvalue weighted by Crippen LogP contribution is 2.69. The topological polar surface area (TPSA) is 66.4 Å². The molecule has 2 fully saturated rings. The van der Waals surface area contributed by atoms with Crippen molar-refractivity contribution in [2.24, 2.45) is 0 Å². The molecule has 3 rings (SSSR count). The van der Waals surface area contributed by atoms with Crippen molar-refractivity contribution in [3.63, 3.8) is 0 Å². The van der Waals surface area contributed by atoms with Gasteiger partial charge >= 0.3 is 18.3 Å². The van der Waals surface area contributed by atoms with Crippen LogP contribution in [0.1, 0.15) is 64.5 Å². The third-order valence-electron chi connectivity index (χ3n) is 6.91. The van der Waals surface area contributed by atoms with Gasteiger partial charge in [-0.2, -0.15) is 26.3 Å². The van der Waals surface area contributed by atoms with E-state index in [0.29, 0.717) is 12.1 Å². The summed E-state index contributed by atoms with van der Waals surface area (Å²) in [6, 6.07) is 0.892. The van der Waals surface area contributed by atoms with Gasteiger partial charge in [0.05, 0.1) is 21.8 Å². The van der Waals surface area contributed by atoms with Crippen molar-refractivity contribution >= 4 is 33.4 Å². The Kier molecular flexibility index (Phi) is 8.52. The second-order valence-electron chi connectivity index (χ2n) is 9.62. The molecule has 1 amide bonds. The molecule has 4 nitrogen and oxygen atoms in total. The molecule has 0 spiro atoms. The molecule has 0 radical (unpaired) electrons. The molecule has 1 aromatic carbocycles. The number of carbonyl (C=O) groups excluding carboxylic acids is 1. The highest BCUT2D eigenvalue weighted by Gasteiger charge is 2.44. The van der Waals surface area contributed by atoms with Crippen molar-refractivity contribution in [3.8, 4) is 0 Å². The number of alkyl halides is 6. The Morgan fingerprint density at radius 1 is 0.750 bits per heavy atom. The molecule has 12 heteroatoms. The van der Waals surface area contributed by atoms with Crippen LogP contribution in [0.3, 0.4) is 0 Å². The SMILES string of the molecule is C[C@@H]1CC[C@@H](C)P1C(C(=O)O)=C(C(=O)Nc1cc(C(F)(F)F)cc(C(F)(F)F)c1)P1[C@H](C)CC[C@H]1C. The fraction of sp³-hybridized carbons (Fsp3) is 0.583. The third kappa shape index (κ3) is 6.07. The summed E-state index contributed by atoms with van der Waals surface area (Å²) in [7, 11) is -2.54. The normalized spacial score (nSPS) is 26.7. The standard InChI is InChI=1S/C24H29F6NO3P2/c1-12-5-6-13(2)35(12)19(20(22(33)34)36-14(3)7-8-15(36)4)21(32)31-18-10-16(23(25,26)27)9-17(11-18)24(28,29)30/h9-15H,5-8H2,1-4H3,(H,31,32)(H,33,34)/t12-,13-,14-,15-/m1/s1. The highest BCUT2D eigenvalue weighted by atomic mass is 31.1. The molecule has 2 saturated heterocycles. The second kappa shape index (κ2) is 10.6. The van der Waals surface area contributed by atoms with Crippen LogP contribution in [0, 0.1) is 0 Å². The number of hydrogen-bond acceptors (Lipinski definition) is 2. The number of halogens is 6. The van der Waals surface area contributed by atoms with Gasteiger partial charge in [-0.15, -0.1) is 0 Å². The van der Waals surface area contributed by atoms with Crippen LogP contribution in [0.15, 0.2) is 28.8 Å². The Hall–Kier alpha value is -1.66. The van der Waals surface area contributed by atoms with Gasteiger partial charge < -0.3 is 10.4 Å². The minimum atomic E-state index is -5.07. The zero-order valence-corrected chi connectivity index (χ0v) is 22.1. The van der Waals surface area contributed by atoms with Crippen LogP contribution in [-0.4, -0.2) is 39.6 Å². The number of carboxylic acid groups (broad SMARTS) is 1. The van der Waals surface area contributed by atoms with E-state index in [2.05, 4.69) is 5.32 Å². The molecule has 0 saturated carbocycles. The van der Waals surface area contributed by atoms with E-state index in [0.717, 1.165) is 25.7 Å². The fourth-order valence-electron chi connectivity index (χ4n) is 5.17. The van der Waals surface area contributed by atoms with Crippen LogP contribution in [0.2, 0.25) is 0 Å². The number of rotatable bonds is 5. The molecule has 36 heavy (non-hydrogen) atoms. The van der Waals surface area contributed by atoms with Crippen LogP contribution in [0.5, 0.6) is 0 Å². The van der Waals surface area contributed by atoms with Gasteiger partial charge in [-0.1, -0.05) is 43.5 Å². The molecule has 2 N–H and O–H groups in total. The molecule has 4 atom stereocenters. The summed E-state index contributed by atoms with van der Waals surface area (Å²) in [6.07, 6.45) is -7.01. The van der Waals surface area contributed by atoms with Gasteiger partial charge in [0.15, 0.2) is 0 Å². The number of amides is 1. The largest absolute Gasteiger partial charge is 0.478 e. The zero-order valence-electron chi connectivity index (χ0n) is 20.3. The lowest BCUT2D eigenvalue weighted by Gasteiger charge is -2.30. The van der Waals surface area contributed by atoms with Crippen molar-refractivity contribution in [2.45, 2.75) is 88.4 Å². The van der Waals surface area contributed by atoms with Gasteiger partial charge in [-0.25, -0.2) is 4.79 Å². The lowest BCUT2D eigenvalue weighted by atomic mass is 10.1. The van der Waals surface area contributed by atoms with E-state index in [1.54, 1.807) is 0 Å². The zero-order chi connectivity index (χ0) is 27.2. The lowest BCUT2D eigenvalue weighted by molar-refractivity contribution is -0.143. The number of hydrogen-bond donors (Lipinski definition) is 2. The van der Waals surface area contributed by atoms with Crippen molar-refractivity contribution in [1.29, 1.82) is 0 Å². The molecule has 0 aromatic heterocycles. The van der Waals surface area contributed by atoms with E-state index >= 15 is 0 Å². The Morgan fingerprint density at radius 3 is 1.44 bits per heavy atom. The van der Waals surface area contributed by atoms with Crippen molar-refractivity contribution < 1.29 is 41.0 Å². The number of carboxylic acids is 1. The van der Waals surface area contributed by atoms with Gasteiger partial charge in [-0.05, 0) is 66.5 Å². The molecular weight excluding hydrogens is 526 g/mol. The van der Waals surface area contributed by atoms with E-state index in [9.17, 15) is 41.0 Å². The first-order chi connectivity index (χ1) is 16.5. The van der Waals surface area contributed by atoms with Crippen LogP contribution in [0.25, 0.3) is 0 Å². The van der Waals surface area contributed by atoms with Crippen LogP contribution >= 0.6 is 15.8 Å². The molecule has 2 heterocycles. The average molecular weight is 555 g/mol. The third-order valence-corrected chi connectivity index (χ3v) is 13.8. The van der Waals surface area contributed by atoms with Crippen LogP contribution in [0.4, 0.5) is 32.0 Å². The fourth-order valence-corrected chi connectivity index (χ4v) is 12.3. The smallest absolute Gasteiger partial charge is 0.416 e. The molecule has 2 aliphatic rings. The predicted molar refractivity (Wildman–Crippen MR) is 130 cm³/mol. The summed E-state index contributed by atoms with van der Waals surface area (Å²) in [5.74, 6) is -2.15. The summed E-state index contributed by atoms with van der Waals surface area (Å²) in [4.78, 5) is 26.3. The number of benzene rings is 1. The summed E-state index contributed by atoms with van der Waals surface area (Å²) in [6.45, 7) is 7.71. The van der Waals surface area contributed by atoms with Crippen LogP contribution < -0.4 is 5.32 Å². The van der Waals surface area contributed by atoms with E-state index in [-0.39, 0.29) is 39.3 Å². The molecule has 0 aliphatic carbocycles. The van der Waals surface area contributed by atoms with Gasteiger partial charge in [0.1, 0.15) is 0 Å². The van der Waals surface area contributed by atoms with Crippen molar-refractivity contribution in [2.75, 3.05) is 5.32 Å². The Morgan fingerprint density at radius 2 is 1.11 bits per heavy atom. The maximum absolute atomic E-state index is 13.7. The molecule has 2 aliphatic heterocycles. The number of carbonyl (C=O) groups is 2. The predicted octanol–water partition coefficient (Wildman–Crippen LogP) is 8.06.